The number of hydrogen-bond donors (Lipinski definition) is 0. The Kier molecular flexibility index (Phi) is 3.40. The van der Waals surface area contributed by atoms with Gasteiger partial charge in [0.2, 0.25) is 5.78 Å². The first-order chi connectivity index (χ1) is 8.72. The number of carbonyl (C=O) groups excluding carboxylic acids is 1. The Morgan fingerprint density at radius 2 is 2.06 bits per heavy atom. The van der Waals surface area contributed by atoms with Crippen molar-refractivity contribution in [3.05, 3.63) is 65.1 Å². The first-order valence-electron chi connectivity index (χ1n) is 5.48. The molecule has 88 valence electrons. The van der Waals surface area contributed by atoms with Crippen LogP contribution in [0.25, 0.3) is 6.08 Å². The van der Waals surface area contributed by atoms with E-state index < -0.39 is 5.78 Å². The van der Waals surface area contributed by atoms with Gasteiger partial charge in [-0.15, -0.1) is 0 Å². The highest BCUT2D eigenvalue weighted by Crippen LogP contribution is 2.15. The Hall–Kier alpha value is -2.60. The van der Waals surface area contributed by atoms with Crippen LogP contribution in [0.1, 0.15) is 21.7 Å². The van der Waals surface area contributed by atoms with Crippen LogP contribution in [-0.2, 0) is 0 Å². The minimum absolute atomic E-state index is 0.0688. The lowest BCUT2D eigenvalue weighted by Crippen LogP contribution is -2.00. The van der Waals surface area contributed by atoms with Gasteiger partial charge in [-0.25, -0.2) is 0 Å². The van der Waals surface area contributed by atoms with Gasteiger partial charge in [0.1, 0.15) is 11.6 Å². The highest BCUT2D eigenvalue weighted by Gasteiger charge is 2.14. The molecule has 0 amide bonds. The van der Waals surface area contributed by atoms with E-state index in [9.17, 15) is 4.79 Å². The molecule has 1 heterocycles. The van der Waals surface area contributed by atoms with Gasteiger partial charge in [0, 0.05) is 0 Å². The molecule has 3 heteroatoms. The average molecular weight is 237 g/mol. The molecule has 1 aromatic heterocycles. The maximum Gasteiger partial charge on any atom is 0.238 e. The molecule has 1 aromatic carbocycles. The van der Waals surface area contributed by atoms with Crippen molar-refractivity contribution < 1.29 is 9.21 Å². The summed E-state index contributed by atoms with van der Waals surface area (Å²) in [5.41, 5.74) is 1.94. The SMILES string of the molecule is Cc1ccccc1/C=C(\C#N)C(=O)c1ccco1. The van der Waals surface area contributed by atoms with Crippen molar-refractivity contribution in [2.45, 2.75) is 6.92 Å². The molecule has 0 spiro atoms. The summed E-state index contributed by atoms with van der Waals surface area (Å²) in [5.74, 6) is -0.220. The minimum atomic E-state index is -0.397. The topological polar surface area (TPSA) is 54.0 Å². The molecule has 0 saturated heterocycles. The highest BCUT2D eigenvalue weighted by atomic mass is 16.3. The number of nitriles is 1. The second kappa shape index (κ2) is 5.15. The fourth-order valence-corrected chi connectivity index (χ4v) is 1.59. The summed E-state index contributed by atoms with van der Waals surface area (Å²) in [6, 6.07) is 12.7. The standard InChI is InChI=1S/C15H11NO2/c1-11-5-2-3-6-12(11)9-13(10-16)15(17)14-7-4-8-18-14/h2-9H,1H3/b13-9+. The zero-order chi connectivity index (χ0) is 13.0. The lowest BCUT2D eigenvalue weighted by atomic mass is 10.0. The van der Waals surface area contributed by atoms with E-state index in [2.05, 4.69) is 0 Å². The number of furan rings is 1. The molecule has 0 aliphatic carbocycles. The number of aryl methyl sites for hydroxylation is 1. The van der Waals surface area contributed by atoms with E-state index in [0.29, 0.717) is 0 Å². The van der Waals surface area contributed by atoms with E-state index in [0.717, 1.165) is 11.1 Å². The molecule has 0 bridgehead atoms. The number of Topliss-reactive ketones (excluding diaryl/α,β-unsaturated/α-hetero) is 1. The number of benzene rings is 1. The molecule has 0 unspecified atom stereocenters. The summed E-state index contributed by atoms with van der Waals surface area (Å²) in [7, 11) is 0. The Bertz CT molecular complexity index is 631. The predicted molar refractivity (Wildman–Crippen MR) is 67.8 cm³/mol. The Morgan fingerprint density at radius 3 is 2.67 bits per heavy atom. The largest absolute Gasteiger partial charge is 0.461 e. The van der Waals surface area contributed by atoms with Crippen LogP contribution >= 0.6 is 0 Å². The van der Waals surface area contributed by atoms with Crippen molar-refractivity contribution in [2.24, 2.45) is 0 Å². The Morgan fingerprint density at radius 1 is 1.28 bits per heavy atom. The van der Waals surface area contributed by atoms with Crippen molar-refractivity contribution >= 4 is 11.9 Å². The second-order valence-electron chi connectivity index (χ2n) is 3.83. The molecule has 3 nitrogen and oxygen atoms in total. The lowest BCUT2D eigenvalue weighted by molar-refractivity contribution is 0.101. The van der Waals surface area contributed by atoms with Gasteiger partial charge in [-0.1, -0.05) is 24.3 Å². The highest BCUT2D eigenvalue weighted by molar-refractivity contribution is 6.12. The van der Waals surface area contributed by atoms with Crippen LogP contribution in [0.2, 0.25) is 0 Å². The van der Waals surface area contributed by atoms with Gasteiger partial charge in [0.15, 0.2) is 5.76 Å². The minimum Gasteiger partial charge on any atom is -0.461 e. The maximum atomic E-state index is 12.0. The van der Waals surface area contributed by atoms with Crippen LogP contribution in [-0.4, -0.2) is 5.78 Å². The van der Waals surface area contributed by atoms with Gasteiger partial charge in [0.25, 0.3) is 0 Å². The molecular formula is C15H11NO2. The van der Waals surface area contributed by atoms with Crippen molar-refractivity contribution in [1.82, 2.24) is 0 Å². The quantitative estimate of drug-likeness (QED) is 0.467. The number of rotatable bonds is 3. The third kappa shape index (κ3) is 2.38. The van der Waals surface area contributed by atoms with E-state index in [-0.39, 0.29) is 11.3 Å². The molecule has 18 heavy (non-hydrogen) atoms. The zero-order valence-electron chi connectivity index (χ0n) is 9.88. The summed E-state index contributed by atoms with van der Waals surface area (Å²) < 4.78 is 5.00. The van der Waals surface area contributed by atoms with Crippen LogP contribution < -0.4 is 0 Å². The van der Waals surface area contributed by atoms with Gasteiger partial charge < -0.3 is 4.42 Å². The van der Waals surface area contributed by atoms with Gasteiger partial charge in [-0.3, -0.25) is 4.79 Å². The maximum absolute atomic E-state index is 12.0. The molecule has 0 N–H and O–H groups in total. The van der Waals surface area contributed by atoms with Gasteiger partial charge in [-0.05, 0) is 36.3 Å². The first-order valence-corrected chi connectivity index (χ1v) is 5.48. The fraction of sp³-hybridized carbons (Fsp3) is 0.0667. The summed E-state index contributed by atoms with van der Waals surface area (Å²) in [5, 5.41) is 9.07. The van der Waals surface area contributed by atoms with E-state index in [1.54, 1.807) is 18.2 Å². The number of carbonyl (C=O) groups is 1. The monoisotopic (exact) mass is 237 g/mol. The Balaban J connectivity index is 2.39. The lowest BCUT2D eigenvalue weighted by Gasteiger charge is -2.00. The average Bonchev–Trinajstić information content (AvgIpc) is 2.91. The number of nitrogens with zero attached hydrogens (tertiary/aromatic N) is 1. The van der Waals surface area contributed by atoms with E-state index in [4.69, 9.17) is 9.68 Å². The van der Waals surface area contributed by atoms with Crippen LogP contribution in [0, 0.1) is 18.3 Å². The van der Waals surface area contributed by atoms with Crippen LogP contribution in [0.3, 0.4) is 0 Å². The molecular weight excluding hydrogens is 226 g/mol. The fourth-order valence-electron chi connectivity index (χ4n) is 1.59. The molecule has 0 radical (unpaired) electrons. The smallest absolute Gasteiger partial charge is 0.238 e. The number of allylic oxidation sites excluding steroid dienone is 1. The van der Waals surface area contributed by atoms with Crippen molar-refractivity contribution in [3.63, 3.8) is 0 Å². The molecule has 0 aliphatic heterocycles. The molecule has 0 fully saturated rings. The predicted octanol–water partition coefficient (Wildman–Crippen LogP) is 3.38. The van der Waals surface area contributed by atoms with E-state index >= 15 is 0 Å². The van der Waals surface area contributed by atoms with Gasteiger partial charge >= 0.3 is 0 Å². The van der Waals surface area contributed by atoms with E-state index in [1.807, 2.05) is 37.3 Å². The number of ketones is 1. The van der Waals surface area contributed by atoms with Crippen molar-refractivity contribution in [1.29, 1.82) is 5.26 Å². The first kappa shape index (κ1) is 11.9. The van der Waals surface area contributed by atoms with Gasteiger partial charge in [-0.2, -0.15) is 5.26 Å². The molecule has 2 rings (SSSR count). The summed E-state index contributed by atoms with van der Waals surface area (Å²) in [6.07, 6.45) is 3.00. The van der Waals surface area contributed by atoms with Gasteiger partial charge in [0.05, 0.1) is 6.26 Å². The summed E-state index contributed by atoms with van der Waals surface area (Å²) in [4.78, 5) is 12.0. The molecule has 2 aromatic rings. The molecule has 0 atom stereocenters. The second-order valence-corrected chi connectivity index (χ2v) is 3.83. The zero-order valence-corrected chi connectivity index (χ0v) is 9.88. The van der Waals surface area contributed by atoms with Crippen LogP contribution in [0.4, 0.5) is 0 Å². The number of hydrogen-bond acceptors (Lipinski definition) is 3. The normalized spacial score (nSPS) is 11.0. The molecule has 0 aliphatic rings. The van der Waals surface area contributed by atoms with Crippen LogP contribution in [0.5, 0.6) is 0 Å². The summed E-state index contributed by atoms with van der Waals surface area (Å²) in [6.45, 7) is 1.93. The molecule has 0 saturated carbocycles. The van der Waals surface area contributed by atoms with Crippen molar-refractivity contribution in [3.8, 4) is 6.07 Å². The van der Waals surface area contributed by atoms with Crippen LogP contribution in [0.15, 0.2) is 52.7 Å². The Labute approximate surface area is 105 Å². The third-order valence-electron chi connectivity index (χ3n) is 2.60. The van der Waals surface area contributed by atoms with Crippen molar-refractivity contribution in [2.75, 3.05) is 0 Å². The third-order valence-corrected chi connectivity index (χ3v) is 2.60. The van der Waals surface area contributed by atoms with E-state index in [1.165, 1.54) is 6.26 Å². The summed E-state index contributed by atoms with van der Waals surface area (Å²) >= 11 is 0.